The van der Waals surface area contributed by atoms with Crippen LogP contribution in [0.3, 0.4) is 0 Å². The van der Waals surface area contributed by atoms with Gasteiger partial charge in [0.25, 0.3) is 7.82 Å². The highest BCUT2D eigenvalue weighted by Crippen LogP contribution is 2.38. The number of carbonyl (C=O) groups is 2. The number of carbonyl (C=O) groups excluding carboxylic acids is 2. The van der Waals surface area contributed by atoms with E-state index in [4.69, 9.17) is 13.8 Å². The van der Waals surface area contributed by atoms with Crippen LogP contribution in [-0.2, 0) is 27.9 Å². The third-order valence-corrected chi connectivity index (χ3v) is 16.6. The summed E-state index contributed by atoms with van der Waals surface area (Å²) in [5.41, 5.74) is 0. The van der Waals surface area contributed by atoms with Crippen LogP contribution in [0.15, 0.2) is 109 Å². The molecule has 0 aromatic carbocycles. The van der Waals surface area contributed by atoms with Gasteiger partial charge in [0.1, 0.15) is 19.3 Å². The summed E-state index contributed by atoms with van der Waals surface area (Å²) in [6, 6.07) is -0.905. The first-order valence-corrected chi connectivity index (χ1v) is 37.7. The second-order valence-corrected chi connectivity index (χ2v) is 26.8. The summed E-state index contributed by atoms with van der Waals surface area (Å²) < 4.78 is 30.5. The van der Waals surface area contributed by atoms with Gasteiger partial charge >= 0.3 is 5.97 Å². The summed E-state index contributed by atoms with van der Waals surface area (Å²) >= 11 is 0. The van der Waals surface area contributed by atoms with Crippen molar-refractivity contribution in [3.05, 3.63) is 109 Å². The summed E-state index contributed by atoms with van der Waals surface area (Å²) in [6.07, 6.45) is 90.6. The summed E-state index contributed by atoms with van der Waals surface area (Å²) in [5, 5.41) is 3.04. The number of esters is 1. The predicted octanol–water partition coefficient (Wildman–Crippen LogP) is 22.6. The molecule has 10 heteroatoms. The molecule has 0 aliphatic heterocycles. The average molecular weight is 1230 g/mol. The van der Waals surface area contributed by atoms with Crippen LogP contribution in [0.4, 0.5) is 0 Å². The fourth-order valence-corrected chi connectivity index (χ4v) is 10.8. The molecule has 3 atom stereocenters. The van der Waals surface area contributed by atoms with Crippen molar-refractivity contribution in [3.8, 4) is 0 Å². The number of quaternary nitrogens is 1. The van der Waals surface area contributed by atoms with Gasteiger partial charge in [-0.05, 0) is 122 Å². The molecule has 0 saturated heterocycles. The number of likely N-dealkylation sites (N-methyl/N-ethyl adjacent to an activating group) is 1. The van der Waals surface area contributed by atoms with E-state index in [0.29, 0.717) is 23.9 Å². The quantitative estimate of drug-likeness (QED) is 0.0212. The standard InChI is InChI=1S/C77H137N2O7P/c1-7-10-13-16-19-22-25-28-30-32-34-36-38-39-41-42-44-46-48-51-54-57-60-63-66-69-76(80)78-74(73-85-87(82,83)84-72-71-79(4,5)6)75(68-65-62-59-56-53-50-27-24-21-18-15-12-9-3)86-77(81)70-67-64-61-58-55-52-49-47-45-43-40-37-35-33-31-29-26-23-20-17-14-11-8-2/h19-20,22-23,28-31,34-37,39,41,43,45,65,68,74-75H,7-18,21,24-27,32-33,38,40,42,44,46-64,66-67,69-73H2,1-6H3,(H-,78,80,82,83)/b22-19-,23-20-,30-28-,31-29-,36-34-,37-35-,41-39-,45-43-,68-65+. The number of hydrogen-bond donors (Lipinski definition) is 1. The molecule has 0 heterocycles. The molecule has 9 nitrogen and oxygen atoms in total. The van der Waals surface area contributed by atoms with Crippen molar-refractivity contribution < 1.29 is 37.3 Å². The van der Waals surface area contributed by atoms with Crippen LogP contribution in [0.2, 0.25) is 0 Å². The molecule has 0 aliphatic rings. The maximum absolute atomic E-state index is 13.6. The van der Waals surface area contributed by atoms with Gasteiger partial charge in [0.05, 0.1) is 33.8 Å². The third kappa shape index (κ3) is 66.9. The van der Waals surface area contributed by atoms with Gasteiger partial charge in [-0.25, -0.2) is 0 Å². The monoisotopic (exact) mass is 1230 g/mol. The van der Waals surface area contributed by atoms with Crippen molar-refractivity contribution in [1.82, 2.24) is 5.32 Å². The molecule has 0 radical (unpaired) electrons. The maximum Gasteiger partial charge on any atom is 0.306 e. The molecule has 0 aromatic heterocycles. The predicted molar refractivity (Wildman–Crippen MR) is 376 cm³/mol. The van der Waals surface area contributed by atoms with Crippen molar-refractivity contribution in [2.24, 2.45) is 0 Å². The second-order valence-electron chi connectivity index (χ2n) is 25.4. The molecule has 87 heavy (non-hydrogen) atoms. The Bertz CT molecular complexity index is 1860. The molecule has 1 N–H and O–H groups in total. The Kier molecular flexibility index (Phi) is 63.1. The van der Waals surface area contributed by atoms with E-state index in [0.717, 1.165) is 116 Å². The summed E-state index contributed by atoms with van der Waals surface area (Å²) in [5.74, 6) is -0.558. The molecule has 0 aliphatic carbocycles. The van der Waals surface area contributed by atoms with Crippen molar-refractivity contribution >= 4 is 19.7 Å². The normalized spacial score (nSPS) is 14.1. The number of phosphoric acid groups is 1. The first-order valence-electron chi connectivity index (χ1n) is 36.2. The Hall–Kier alpha value is -3.33. The van der Waals surface area contributed by atoms with Gasteiger partial charge in [0.15, 0.2) is 0 Å². The lowest BCUT2D eigenvalue weighted by atomic mass is 10.0. The first-order chi connectivity index (χ1) is 42.4. The smallest absolute Gasteiger partial charge is 0.306 e. The number of amides is 1. The molecule has 3 unspecified atom stereocenters. The van der Waals surface area contributed by atoms with Gasteiger partial charge in [0, 0.05) is 12.8 Å². The van der Waals surface area contributed by atoms with E-state index in [2.05, 4.69) is 123 Å². The SMILES string of the molecule is CCCCC/C=C\C/C=C\C/C=C\C/C=C\CCCCCCCCCCCC(=O)NC(COP(=O)([O-])OCC[N+](C)(C)C)C(/C=C/CCCCCCCCCCCCC)OC(=O)CCCCCCCCC/C=C\C/C=C\C/C=C\C/C=C\CCCCC. The van der Waals surface area contributed by atoms with E-state index in [9.17, 15) is 19.0 Å². The van der Waals surface area contributed by atoms with Gasteiger partial charge < -0.3 is 28.5 Å². The van der Waals surface area contributed by atoms with Crippen LogP contribution in [0.5, 0.6) is 0 Å². The zero-order valence-corrected chi connectivity index (χ0v) is 58.3. The summed E-state index contributed by atoms with van der Waals surface area (Å²) in [4.78, 5) is 40.2. The molecule has 502 valence electrons. The lowest BCUT2D eigenvalue weighted by Gasteiger charge is -2.30. The number of allylic oxidation sites excluding steroid dienone is 17. The highest BCUT2D eigenvalue weighted by Gasteiger charge is 2.27. The van der Waals surface area contributed by atoms with E-state index < -0.39 is 26.6 Å². The number of nitrogens with one attached hydrogen (secondary N) is 1. The minimum absolute atomic E-state index is 0.0303. The number of hydrogen-bond acceptors (Lipinski definition) is 7. The average Bonchev–Trinajstić information content (AvgIpc) is 3.70. The fourth-order valence-electron chi connectivity index (χ4n) is 10.1. The Labute approximate surface area is 538 Å². The Morgan fingerprint density at radius 3 is 1.07 bits per heavy atom. The van der Waals surface area contributed by atoms with Gasteiger partial charge in [-0.15, -0.1) is 0 Å². The third-order valence-electron chi connectivity index (χ3n) is 15.7. The molecule has 0 spiro atoms. The van der Waals surface area contributed by atoms with Gasteiger partial charge in [-0.1, -0.05) is 291 Å². The lowest BCUT2D eigenvalue weighted by molar-refractivity contribution is -0.870. The number of ether oxygens (including phenoxy) is 1. The van der Waals surface area contributed by atoms with Crippen molar-refractivity contribution in [2.75, 3.05) is 40.9 Å². The van der Waals surface area contributed by atoms with Gasteiger partial charge in [0.2, 0.25) is 5.91 Å². The van der Waals surface area contributed by atoms with Crippen LogP contribution >= 0.6 is 7.82 Å². The zero-order chi connectivity index (χ0) is 63.5. The highest BCUT2D eigenvalue weighted by molar-refractivity contribution is 7.45. The van der Waals surface area contributed by atoms with Crippen LogP contribution in [0.25, 0.3) is 0 Å². The maximum atomic E-state index is 13.6. The van der Waals surface area contributed by atoms with Gasteiger partial charge in [-0.3, -0.25) is 14.2 Å². The molecule has 0 fully saturated rings. The fraction of sp³-hybridized carbons (Fsp3) is 0.740. The molecule has 1 amide bonds. The van der Waals surface area contributed by atoms with E-state index in [1.54, 1.807) is 0 Å². The summed E-state index contributed by atoms with van der Waals surface area (Å²) in [6.45, 7) is 6.79. The van der Waals surface area contributed by atoms with Crippen LogP contribution < -0.4 is 10.2 Å². The van der Waals surface area contributed by atoms with Crippen molar-refractivity contribution in [3.63, 3.8) is 0 Å². The first kappa shape index (κ1) is 83.7. The molecule has 0 aromatic rings. The largest absolute Gasteiger partial charge is 0.756 e. The number of phosphoric ester groups is 1. The van der Waals surface area contributed by atoms with Gasteiger partial charge in [-0.2, -0.15) is 0 Å². The molecular weight excluding hydrogens is 1100 g/mol. The number of nitrogens with zero attached hydrogens (tertiary/aromatic N) is 1. The Morgan fingerprint density at radius 2 is 0.701 bits per heavy atom. The Balaban J connectivity index is 5.15. The van der Waals surface area contributed by atoms with Crippen molar-refractivity contribution in [2.45, 2.75) is 328 Å². The lowest BCUT2D eigenvalue weighted by Crippen LogP contribution is -2.47. The molecule has 0 saturated carbocycles. The number of unbranched alkanes of at least 4 members (excludes halogenated alkanes) is 33. The zero-order valence-electron chi connectivity index (χ0n) is 57.4. The van der Waals surface area contributed by atoms with E-state index in [1.807, 2.05) is 33.3 Å². The Morgan fingerprint density at radius 1 is 0.402 bits per heavy atom. The second kappa shape index (κ2) is 65.6. The van der Waals surface area contributed by atoms with E-state index in [-0.39, 0.29) is 24.9 Å². The minimum atomic E-state index is -4.72. The van der Waals surface area contributed by atoms with Crippen LogP contribution in [0, 0.1) is 0 Å². The molecule has 0 bridgehead atoms. The molecular formula is C77H137N2O7P. The van der Waals surface area contributed by atoms with E-state index in [1.165, 1.54) is 161 Å². The number of rotatable bonds is 65. The van der Waals surface area contributed by atoms with Crippen LogP contribution in [0.1, 0.15) is 316 Å². The highest BCUT2D eigenvalue weighted by atomic mass is 31.2. The topological polar surface area (TPSA) is 114 Å². The molecule has 0 rings (SSSR count). The summed E-state index contributed by atoms with van der Waals surface area (Å²) in [7, 11) is 1.17. The van der Waals surface area contributed by atoms with Crippen LogP contribution in [-0.4, -0.2) is 69.4 Å². The van der Waals surface area contributed by atoms with Crippen molar-refractivity contribution in [1.29, 1.82) is 0 Å². The van der Waals surface area contributed by atoms with E-state index >= 15 is 0 Å². The minimum Gasteiger partial charge on any atom is -0.756 e.